The van der Waals surface area contributed by atoms with Crippen LogP contribution in [0, 0.1) is 0 Å². The molecule has 11 nitrogen and oxygen atoms in total. The number of ether oxygens (including phenoxy) is 2. The second-order valence-electron chi connectivity index (χ2n) is 6.70. The first kappa shape index (κ1) is 23.7. The Bertz CT molecular complexity index is 1090. The standard InChI is InChI=1S/C21H21N5O6S/c1-31-15-7-9-16(10-8-15)33-20-23-25-26(24-20)12-18(27)17(11-19(28)29)22-21(30)32-13-14-5-3-2-4-6-14/h2-10,17H,11-13H2,1H3,(H,22,30)(H,28,29). The fourth-order valence-corrected chi connectivity index (χ4v) is 3.36. The number of aliphatic carboxylic acids is 1. The summed E-state index contributed by atoms with van der Waals surface area (Å²) in [6, 6.07) is 14.9. The van der Waals surface area contributed by atoms with Gasteiger partial charge in [-0.05, 0) is 46.8 Å². The summed E-state index contributed by atoms with van der Waals surface area (Å²) >= 11 is 1.23. The summed E-state index contributed by atoms with van der Waals surface area (Å²) in [7, 11) is 1.57. The van der Waals surface area contributed by atoms with Crippen LogP contribution in [0.4, 0.5) is 4.79 Å². The van der Waals surface area contributed by atoms with E-state index in [-0.39, 0.29) is 13.2 Å². The number of carboxylic acids is 1. The Hall–Kier alpha value is -3.93. The molecule has 2 aromatic carbocycles. The van der Waals surface area contributed by atoms with Crippen molar-refractivity contribution in [2.24, 2.45) is 0 Å². The number of hydrogen-bond donors (Lipinski definition) is 2. The predicted molar refractivity (Wildman–Crippen MR) is 116 cm³/mol. The molecular weight excluding hydrogens is 450 g/mol. The molecule has 1 heterocycles. The minimum absolute atomic E-state index is 0.0166. The van der Waals surface area contributed by atoms with E-state index in [4.69, 9.17) is 14.6 Å². The largest absolute Gasteiger partial charge is 0.497 e. The van der Waals surface area contributed by atoms with E-state index in [1.165, 1.54) is 11.8 Å². The molecule has 33 heavy (non-hydrogen) atoms. The summed E-state index contributed by atoms with van der Waals surface area (Å²) in [5.41, 5.74) is 0.752. The van der Waals surface area contributed by atoms with Gasteiger partial charge in [-0.1, -0.05) is 30.3 Å². The molecule has 0 aliphatic rings. The molecule has 0 bridgehead atoms. The van der Waals surface area contributed by atoms with E-state index < -0.39 is 30.3 Å². The first-order valence-electron chi connectivity index (χ1n) is 9.74. The Kier molecular flexibility index (Phi) is 8.36. The first-order chi connectivity index (χ1) is 15.9. The highest BCUT2D eigenvalue weighted by atomic mass is 32.2. The molecule has 0 aliphatic carbocycles. The highest BCUT2D eigenvalue weighted by Crippen LogP contribution is 2.25. The second kappa shape index (κ2) is 11.6. The number of nitrogens with zero attached hydrogens (tertiary/aromatic N) is 4. The van der Waals surface area contributed by atoms with Crippen molar-refractivity contribution in [1.82, 2.24) is 25.5 Å². The fourth-order valence-electron chi connectivity index (χ4n) is 2.66. The van der Waals surface area contributed by atoms with Crippen LogP contribution in [0.15, 0.2) is 64.6 Å². The molecule has 12 heteroatoms. The van der Waals surface area contributed by atoms with Crippen LogP contribution in [0.3, 0.4) is 0 Å². The molecule has 1 unspecified atom stereocenters. The highest BCUT2D eigenvalue weighted by Gasteiger charge is 2.25. The van der Waals surface area contributed by atoms with Crippen molar-refractivity contribution in [2.45, 2.75) is 35.7 Å². The van der Waals surface area contributed by atoms with Crippen molar-refractivity contribution in [2.75, 3.05) is 7.11 Å². The van der Waals surface area contributed by atoms with Gasteiger partial charge in [-0.2, -0.15) is 4.80 Å². The molecule has 1 amide bonds. The van der Waals surface area contributed by atoms with E-state index in [1.54, 1.807) is 43.5 Å². The number of tetrazole rings is 1. The Morgan fingerprint density at radius 3 is 2.52 bits per heavy atom. The molecule has 0 radical (unpaired) electrons. The molecule has 172 valence electrons. The summed E-state index contributed by atoms with van der Waals surface area (Å²) in [6.07, 6.45) is -1.51. The number of carbonyl (C=O) groups is 3. The van der Waals surface area contributed by atoms with Gasteiger partial charge in [0.05, 0.1) is 13.5 Å². The van der Waals surface area contributed by atoms with Gasteiger partial charge in [0, 0.05) is 4.90 Å². The fraction of sp³-hybridized carbons (Fsp3) is 0.238. The van der Waals surface area contributed by atoms with E-state index in [1.807, 2.05) is 18.2 Å². The number of benzene rings is 2. The number of nitrogens with one attached hydrogen (secondary N) is 1. The minimum Gasteiger partial charge on any atom is -0.497 e. The van der Waals surface area contributed by atoms with Gasteiger partial charge in [0.2, 0.25) is 5.16 Å². The lowest BCUT2D eigenvalue weighted by Crippen LogP contribution is -2.44. The number of amides is 1. The van der Waals surface area contributed by atoms with E-state index in [0.29, 0.717) is 10.9 Å². The zero-order valence-corrected chi connectivity index (χ0v) is 18.4. The number of aromatic nitrogens is 4. The third kappa shape index (κ3) is 7.61. The van der Waals surface area contributed by atoms with Crippen molar-refractivity contribution < 1.29 is 29.0 Å². The third-order valence-electron chi connectivity index (χ3n) is 4.27. The summed E-state index contributed by atoms with van der Waals surface area (Å²) in [6.45, 7) is -0.385. The summed E-state index contributed by atoms with van der Waals surface area (Å²) < 4.78 is 10.2. The molecule has 1 atom stereocenters. The van der Waals surface area contributed by atoms with Crippen LogP contribution in [0.1, 0.15) is 12.0 Å². The van der Waals surface area contributed by atoms with Crippen molar-refractivity contribution in [3.05, 3.63) is 60.2 Å². The quantitative estimate of drug-likeness (QED) is 0.427. The number of ketones is 1. The van der Waals surface area contributed by atoms with E-state index in [0.717, 1.165) is 15.3 Å². The van der Waals surface area contributed by atoms with Crippen LogP contribution in [-0.4, -0.2) is 56.3 Å². The smallest absolute Gasteiger partial charge is 0.408 e. The maximum atomic E-state index is 12.6. The number of rotatable bonds is 11. The maximum absolute atomic E-state index is 12.6. The minimum atomic E-state index is -1.31. The second-order valence-corrected chi connectivity index (χ2v) is 7.74. The van der Waals surface area contributed by atoms with Crippen LogP contribution in [0.5, 0.6) is 5.75 Å². The van der Waals surface area contributed by atoms with Crippen molar-refractivity contribution in [1.29, 1.82) is 0 Å². The SMILES string of the molecule is COc1ccc(Sc2nnn(CC(=O)C(CC(=O)O)NC(=O)OCc3ccccc3)n2)cc1. The third-order valence-corrected chi connectivity index (χ3v) is 5.13. The van der Waals surface area contributed by atoms with Gasteiger partial charge < -0.3 is 19.9 Å². The monoisotopic (exact) mass is 471 g/mol. The zero-order valence-electron chi connectivity index (χ0n) is 17.6. The molecule has 1 aromatic heterocycles. The van der Waals surface area contributed by atoms with Crippen LogP contribution in [0.25, 0.3) is 0 Å². The van der Waals surface area contributed by atoms with Gasteiger partial charge in [-0.15, -0.1) is 10.2 Å². The number of hydrogen-bond acceptors (Lipinski definition) is 9. The maximum Gasteiger partial charge on any atom is 0.408 e. The number of carboxylic acid groups (broad SMARTS) is 1. The number of carbonyl (C=O) groups excluding carboxylic acids is 2. The molecule has 0 spiro atoms. The Balaban J connectivity index is 1.56. The van der Waals surface area contributed by atoms with Gasteiger partial charge in [-0.3, -0.25) is 9.59 Å². The van der Waals surface area contributed by atoms with E-state index in [9.17, 15) is 14.4 Å². The Labute approximate surface area is 193 Å². The summed E-state index contributed by atoms with van der Waals surface area (Å²) in [5, 5.41) is 23.5. The highest BCUT2D eigenvalue weighted by molar-refractivity contribution is 7.99. The lowest BCUT2D eigenvalue weighted by atomic mass is 10.1. The van der Waals surface area contributed by atoms with E-state index >= 15 is 0 Å². The predicted octanol–water partition coefficient (Wildman–Crippen LogP) is 2.17. The Morgan fingerprint density at radius 2 is 1.85 bits per heavy atom. The van der Waals surface area contributed by atoms with Gasteiger partial charge in [0.15, 0.2) is 5.78 Å². The molecular formula is C21H21N5O6S. The average Bonchev–Trinajstić information content (AvgIpc) is 3.24. The normalized spacial score (nSPS) is 11.4. The topological polar surface area (TPSA) is 146 Å². The van der Waals surface area contributed by atoms with Crippen LogP contribution in [-0.2, 0) is 27.5 Å². The molecule has 0 saturated heterocycles. The van der Waals surface area contributed by atoms with Crippen molar-refractivity contribution in [3.8, 4) is 5.75 Å². The number of alkyl carbamates (subject to hydrolysis) is 1. The molecule has 0 saturated carbocycles. The lowest BCUT2D eigenvalue weighted by Gasteiger charge is -2.15. The molecule has 2 N–H and O–H groups in total. The van der Waals surface area contributed by atoms with Gasteiger partial charge >= 0.3 is 12.1 Å². The molecule has 0 aliphatic heterocycles. The number of Topliss-reactive ketones (excluding diaryl/α,β-unsaturated/α-hetero) is 1. The van der Waals surface area contributed by atoms with Crippen LogP contribution >= 0.6 is 11.8 Å². The van der Waals surface area contributed by atoms with Gasteiger partial charge in [0.25, 0.3) is 0 Å². The number of methoxy groups -OCH3 is 1. The van der Waals surface area contributed by atoms with Crippen molar-refractivity contribution in [3.63, 3.8) is 0 Å². The van der Waals surface area contributed by atoms with Crippen molar-refractivity contribution >= 4 is 29.6 Å². The van der Waals surface area contributed by atoms with Gasteiger partial charge in [0.1, 0.15) is 24.9 Å². The molecule has 3 aromatic rings. The molecule has 3 rings (SSSR count). The van der Waals surface area contributed by atoms with E-state index in [2.05, 4.69) is 20.7 Å². The molecule has 0 fully saturated rings. The summed E-state index contributed by atoms with van der Waals surface area (Å²) in [4.78, 5) is 37.7. The average molecular weight is 471 g/mol. The first-order valence-corrected chi connectivity index (χ1v) is 10.6. The van der Waals surface area contributed by atoms with Crippen LogP contribution < -0.4 is 10.1 Å². The van der Waals surface area contributed by atoms with Gasteiger partial charge in [-0.25, -0.2) is 4.79 Å². The van der Waals surface area contributed by atoms with Crippen LogP contribution in [0.2, 0.25) is 0 Å². The Morgan fingerprint density at radius 1 is 1.12 bits per heavy atom. The summed E-state index contributed by atoms with van der Waals surface area (Å²) in [5.74, 6) is -1.15. The lowest BCUT2D eigenvalue weighted by molar-refractivity contribution is -0.139. The zero-order chi connectivity index (χ0) is 23.6.